The van der Waals surface area contributed by atoms with Crippen molar-refractivity contribution in [1.29, 1.82) is 0 Å². The smallest absolute Gasteiger partial charge is 0.243 e. The van der Waals surface area contributed by atoms with Gasteiger partial charge in [0.25, 0.3) is 0 Å². The van der Waals surface area contributed by atoms with Crippen LogP contribution in [0.15, 0.2) is 53.4 Å². The van der Waals surface area contributed by atoms with E-state index in [0.717, 1.165) is 15.6 Å². The summed E-state index contributed by atoms with van der Waals surface area (Å²) < 4.78 is 31.6. The number of carbonyl (C=O) groups excluding carboxylic acids is 2. The van der Waals surface area contributed by atoms with E-state index in [1.54, 1.807) is 0 Å². The van der Waals surface area contributed by atoms with Crippen LogP contribution in [0.4, 0.5) is 0 Å². The van der Waals surface area contributed by atoms with Crippen molar-refractivity contribution in [2.24, 2.45) is 0 Å². The molecule has 150 valence electrons. The number of para-hydroxylation sites is 1. The highest BCUT2D eigenvalue weighted by atomic mass is 32.2. The standard InChI is InChI=1S/C20H24N2O5S/c1-15-6-4-5-7-19(15)27-13-12-21-20(24)14-22(3)28(25,26)18-10-8-17(9-11-18)16(2)23/h4-11H,12-14H2,1-3H3,(H,21,24). The highest BCUT2D eigenvalue weighted by Crippen LogP contribution is 2.16. The monoisotopic (exact) mass is 404 g/mol. The van der Waals surface area contributed by atoms with Crippen LogP contribution in [0, 0.1) is 6.92 Å². The Morgan fingerprint density at radius 1 is 1.07 bits per heavy atom. The average Bonchev–Trinajstić information content (AvgIpc) is 2.66. The van der Waals surface area contributed by atoms with Gasteiger partial charge in [0, 0.05) is 12.6 Å². The number of nitrogens with one attached hydrogen (secondary N) is 1. The van der Waals surface area contributed by atoms with E-state index < -0.39 is 15.9 Å². The molecule has 2 aromatic rings. The molecule has 0 atom stereocenters. The molecule has 8 heteroatoms. The lowest BCUT2D eigenvalue weighted by molar-refractivity contribution is -0.121. The van der Waals surface area contributed by atoms with Gasteiger partial charge in [-0.3, -0.25) is 9.59 Å². The molecule has 7 nitrogen and oxygen atoms in total. The van der Waals surface area contributed by atoms with E-state index in [-0.39, 0.29) is 30.4 Å². The molecule has 0 saturated heterocycles. The summed E-state index contributed by atoms with van der Waals surface area (Å²) in [5, 5.41) is 2.64. The summed E-state index contributed by atoms with van der Waals surface area (Å²) in [5.41, 5.74) is 1.42. The van der Waals surface area contributed by atoms with E-state index in [1.807, 2.05) is 31.2 Å². The zero-order valence-corrected chi connectivity index (χ0v) is 17.0. The van der Waals surface area contributed by atoms with E-state index in [9.17, 15) is 18.0 Å². The van der Waals surface area contributed by atoms with Crippen molar-refractivity contribution < 1.29 is 22.7 Å². The van der Waals surface area contributed by atoms with Crippen LogP contribution in [0.25, 0.3) is 0 Å². The number of amides is 1. The van der Waals surface area contributed by atoms with Crippen LogP contribution in [-0.4, -0.2) is 51.2 Å². The van der Waals surface area contributed by atoms with Crippen molar-refractivity contribution in [2.75, 3.05) is 26.7 Å². The van der Waals surface area contributed by atoms with Crippen molar-refractivity contribution in [2.45, 2.75) is 18.7 Å². The maximum absolute atomic E-state index is 12.5. The maximum atomic E-state index is 12.5. The van der Waals surface area contributed by atoms with E-state index in [4.69, 9.17) is 4.74 Å². The summed E-state index contributed by atoms with van der Waals surface area (Å²) in [6.07, 6.45) is 0. The average molecular weight is 404 g/mol. The first-order valence-electron chi connectivity index (χ1n) is 8.74. The summed E-state index contributed by atoms with van der Waals surface area (Å²) in [6.45, 7) is 3.55. The van der Waals surface area contributed by atoms with E-state index in [1.165, 1.54) is 38.2 Å². The third-order valence-corrected chi connectivity index (χ3v) is 5.93. The fourth-order valence-corrected chi connectivity index (χ4v) is 3.58. The number of Topliss-reactive ketones (excluding diaryl/α,β-unsaturated/α-hetero) is 1. The van der Waals surface area contributed by atoms with Crippen LogP contribution in [-0.2, 0) is 14.8 Å². The van der Waals surface area contributed by atoms with E-state index in [2.05, 4.69) is 5.32 Å². The second-order valence-corrected chi connectivity index (χ2v) is 8.35. The van der Waals surface area contributed by atoms with Gasteiger partial charge in [0.1, 0.15) is 12.4 Å². The fourth-order valence-electron chi connectivity index (χ4n) is 2.45. The first kappa shape index (κ1) is 21.6. The quantitative estimate of drug-likeness (QED) is 0.510. The molecule has 28 heavy (non-hydrogen) atoms. The summed E-state index contributed by atoms with van der Waals surface area (Å²) >= 11 is 0. The summed E-state index contributed by atoms with van der Waals surface area (Å²) in [6, 6.07) is 13.2. The SMILES string of the molecule is CC(=O)c1ccc(S(=O)(=O)N(C)CC(=O)NCCOc2ccccc2C)cc1. The van der Waals surface area contributed by atoms with Crippen LogP contribution in [0.5, 0.6) is 5.75 Å². The van der Waals surface area contributed by atoms with Crippen LogP contribution >= 0.6 is 0 Å². The molecular formula is C20H24N2O5S. The third kappa shape index (κ3) is 5.64. The summed E-state index contributed by atoms with van der Waals surface area (Å²) in [5.74, 6) is 0.162. The summed E-state index contributed by atoms with van der Waals surface area (Å²) in [7, 11) is -2.49. The molecule has 0 aliphatic rings. The molecule has 0 aliphatic heterocycles. The normalized spacial score (nSPS) is 11.3. The number of likely N-dealkylation sites (N-methyl/N-ethyl adjacent to an activating group) is 1. The lowest BCUT2D eigenvalue weighted by atomic mass is 10.2. The second kappa shape index (κ2) is 9.48. The molecule has 0 heterocycles. The van der Waals surface area contributed by atoms with Crippen LogP contribution in [0.2, 0.25) is 0 Å². The minimum Gasteiger partial charge on any atom is -0.491 e. The zero-order chi connectivity index (χ0) is 20.7. The first-order valence-corrected chi connectivity index (χ1v) is 10.2. The van der Waals surface area contributed by atoms with E-state index in [0.29, 0.717) is 5.56 Å². The van der Waals surface area contributed by atoms with Gasteiger partial charge in [-0.05, 0) is 37.6 Å². The maximum Gasteiger partial charge on any atom is 0.243 e. The van der Waals surface area contributed by atoms with Crippen molar-refractivity contribution in [3.8, 4) is 5.75 Å². The number of ketones is 1. The molecule has 0 unspecified atom stereocenters. The molecule has 0 spiro atoms. The molecule has 0 bridgehead atoms. The minimum absolute atomic E-state index is 0.0238. The number of rotatable bonds is 9. The van der Waals surface area contributed by atoms with Crippen molar-refractivity contribution in [3.05, 3.63) is 59.7 Å². The molecule has 1 N–H and O–H groups in total. The van der Waals surface area contributed by atoms with Gasteiger partial charge >= 0.3 is 0 Å². The van der Waals surface area contributed by atoms with Gasteiger partial charge in [0.15, 0.2) is 5.78 Å². The van der Waals surface area contributed by atoms with Gasteiger partial charge in [0.05, 0.1) is 18.0 Å². The number of ether oxygens (including phenoxy) is 1. The van der Waals surface area contributed by atoms with Gasteiger partial charge < -0.3 is 10.1 Å². The number of nitrogens with zero attached hydrogens (tertiary/aromatic N) is 1. The Hall–Kier alpha value is -2.71. The Balaban J connectivity index is 1.85. The van der Waals surface area contributed by atoms with Crippen LogP contribution in [0.1, 0.15) is 22.8 Å². The van der Waals surface area contributed by atoms with Gasteiger partial charge in [-0.2, -0.15) is 4.31 Å². The molecule has 0 aliphatic carbocycles. The number of hydrogen-bond acceptors (Lipinski definition) is 5. The zero-order valence-electron chi connectivity index (χ0n) is 16.1. The van der Waals surface area contributed by atoms with Gasteiger partial charge in [-0.15, -0.1) is 0 Å². The molecule has 2 rings (SSSR count). The predicted octanol–water partition coefficient (Wildman–Crippen LogP) is 2.01. The Morgan fingerprint density at radius 2 is 1.71 bits per heavy atom. The number of sulfonamides is 1. The molecule has 2 aromatic carbocycles. The summed E-state index contributed by atoms with van der Waals surface area (Å²) in [4.78, 5) is 23.4. The molecule has 0 saturated carbocycles. The number of hydrogen-bond donors (Lipinski definition) is 1. The fraction of sp³-hybridized carbons (Fsp3) is 0.300. The van der Waals surface area contributed by atoms with Crippen LogP contribution in [0.3, 0.4) is 0 Å². The van der Waals surface area contributed by atoms with Crippen molar-refractivity contribution >= 4 is 21.7 Å². The lowest BCUT2D eigenvalue weighted by Crippen LogP contribution is -2.39. The Kier molecular flexibility index (Phi) is 7.31. The lowest BCUT2D eigenvalue weighted by Gasteiger charge is -2.17. The Labute approximate surface area is 165 Å². The second-order valence-electron chi connectivity index (χ2n) is 6.31. The number of carbonyl (C=O) groups is 2. The Bertz CT molecular complexity index is 939. The van der Waals surface area contributed by atoms with Crippen LogP contribution < -0.4 is 10.1 Å². The highest BCUT2D eigenvalue weighted by Gasteiger charge is 2.23. The third-order valence-electron chi connectivity index (χ3n) is 4.11. The first-order chi connectivity index (χ1) is 13.2. The van der Waals surface area contributed by atoms with Gasteiger partial charge in [-0.1, -0.05) is 30.3 Å². The molecule has 0 radical (unpaired) electrons. The minimum atomic E-state index is -3.83. The van der Waals surface area contributed by atoms with Crippen molar-refractivity contribution in [3.63, 3.8) is 0 Å². The highest BCUT2D eigenvalue weighted by molar-refractivity contribution is 7.89. The van der Waals surface area contributed by atoms with Gasteiger partial charge in [0.2, 0.25) is 15.9 Å². The van der Waals surface area contributed by atoms with Gasteiger partial charge in [-0.25, -0.2) is 8.42 Å². The Morgan fingerprint density at radius 3 is 2.32 bits per heavy atom. The molecule has 0 aromatic heterocycles. The predicted molar refractivity (Wildman–Crippen MR) is 106 cm³/mol. The van der Waals surface area contributed by atoms with Crippen molar-refractivity contribution in [1.82, 2.24) is 9.62 Å². The molecule has 0 fully saturated rings. The molecule has 1 amide bonds. The largest absolute Gasteiger partial charge is 0.491 e. The van der Waals surface area contributed by atoms with E-state index >= 15 is 0 Å². The molecular weight excluding hydrogens is 380 g/mol. The number of aryl methyl sites for hydroxylation is 1. The number of benzene rings is 2. The topological polar surface area (TPSA) is 92.8 Å².